The number of anilines is 1. The average Bonchev–Trinajstić information content (AvgIpc) is 2.49. The van der Waals surface area contributed by atoms with Crippen LogP contribution in [0.5, 0.6) is 0 Å². The zero-order valence-electron chi connectivity index (χ0n) is 12.1. The van der Waals surface area contributed by atoms with Crippen LogP contribution in [-0.4, -0.2) is 54.8 Å². The molecule has 9 heteroatoms. The molecule has 126 valence electrons. The Bertz CT molecular complexity index is 587. The van der Waals surface area contributed by atoms with Gasteiger partial charge in [-0.15, -0.1) is 0 Å². The van der Waals surface area contributed by atoms with Crippen LogP contribution in [0, 0.1) is 0 Å². The van der Waals surface area contributed by atoms with Crippen molar-refractivity contribution in [3.63, 3.8) is 0 Å². The van der Waals surface area contributed by atoms with Crippen LogP contribution >= 0.6 is 11.6 Å². The molecule has 0 aromatic heterocycles. The molecule has 23 heavy (non-hydrogen) atoms. The van der Waals surface area contributed by atoms with Gasteiger partial charge in [0.25, 0.3) is 0 Å². The predicted molar refractivity (Wildman–Crippen MR) is 79.2 cm³/mol. The van der Waals surface area contributed by atoms with Crippen molar-refractivity contribution in [1.82, 2.24) is 9.80 Å². The van der Waals surface area contributed by atoms with Crippen molar-refractivity contribution in [2.24, 2.45) is 0 Å². The second-order valence-electron chi connectivity index (χ2n) is 5.15. The van der Waals surface area contributed by atoms with E-state index in [1.54, 1.807) is 9.80 Å². The van der Waals surface area contributed by atoms with Gasteiger partial charge in [0.2, 0.25) is 12.3 Å². The molecule has 1 aromatic rings. The first-order chi connectivity index (χ1) is 10.8. The van der Waals surface area contributed by atoms with Gasteiger partial charge in [0.1, 0.15) is 0 Å². The highest BCUT2D eigenvalue weighted by Gasteiger charge is 2.34. The van der Waals surface area contributed by atoms with Crippen LogP contribution in [0.4, 0.5) is 18.9 Å². The van der Waals surface area contributed by atoms with Gasteiger partial charge in [-0.05, 0) is 18.2 Å². The van der Waals surface area contributed by atoms with E-state index in [9.17, 15) is 22.8 Å². The monoisotopic (exact) mass is 349 g/mol. The summed E-state index contributed by atoms with van der Waals surface area (Å²) in [6.45, 7) is 1.95. The van der Waals surface area contributed by atoms with E-state index in [4.69, 9.17) is 11.6 Å². The maximum atomic E-state index is 13.0. The molecule has 1 fully saturated rings. The SMILES string of the molecule is O=CN1CCN(CC(=O)Nc2ccc(Cl)cc2C(F)(F)F)CC1. The van der Waals surface area contributed by atoms with E-state index in [0.29, 0.717) is 26.2 Å². The van der Waals surface area contributed by atoms with E-state index < -0.39 is 17.6 Å². The number of carbonyl (C=O) groups is 2. The molecule has 1 aliphatic rings. The molecule has 0 atom stereocenters. The molecule has 0 spiro atoms. The highest BCUT2D eigenvalue weighted by atomic mass is 35.5. The Labute approximate surface area is 136 Å². The summed E-state index contributed by atoms with van der Waals surface area (Å²) in [5.74, 6) is -0.544. The van der Waals surface area contributed by atoms with E-state index in [1.807, 2.05) is 0 Å². The number of benzene rings is 1. The predicted octanol–water partition coefficient (Wildman–Crippen LogP) is 2.07. The molecule has 1 heterocycles. The van der Waals surface area contributed by atoms with E-state index in [-0.39, 0.29) is 17.3 Å². The Balaban J connectivity index is 1.99. The second kappa shape index (κ2) is 7.18. The molecule has 2 amide bonds. The average molecular weight is 350 g/mol. The van der Waals surface area contributed by atoms with Crippen molar-refractivity contribution in [2.75, 3.05) is 38.0 Å². The third kappa shape index (κ3) is 4.84. The Morgan fingerprint density at radius 1 is 1.26 bits per heavy atom. The fraction of sp³-hybridized carbons (Fsp3) is 0.429. The van der Waals surface area contributed by atoms with Crippen molar-refractivity contribution in [2.45, 2.75) is 6.18 Å². The van der Waals surface area contributed by atoms with Gasteiger partial charge in [-0.3, -0.25) is 14.5 Å². The summed E-state index contributed by atoms with van der Waals surface area (Å²) in [5, 5.41) is 2.22. The van der Waals surface area contributed by atoms with Crippen molar-refractivity contribution in [3.8, 4) is 0 Å². The normalized spacial score (nSPS) is 16.3. The number of rotatable bonds is 4. The van der Waals surface area contributed by atoms with E-state index in [1.165, 1.54) is 6.07 Å². The minimum Gasteiger partial charge on any atom is -0.343 e. The Hall–Kier alpha value is -1.80. The molecule has 1 aliphatic heterocycles. The molecule has 1 saturated heterocycles. The zero-order valence-corrected chi connectivity index (χ0v) is 12.8. The van der Waals surface area contributed by atoms with Crippen LogP contribution in [0.25, 0.3) is 0 Å². The van der Waals surface area contributed by atoms with Gasteiger partial charge in [0, 0.05) is 31.2 Å². The van der Waals surface area contributed by atoms with Crippen LogP contribution < -0.4 is 5.32 Å². The van der Waals surface area contributed by atoms with Crippen LogP contribution in [0.2, 0.25) is 5.02 Å². The number of piperazine rings is 1. The van der Waals surface area contributed by atoms with Crippen molar-refractivity contribution in [3.05, 3.63) is 28.8 Å². The van der Waals surface area contributed by atoms with Gasteiger partial charge in [0.15, 0.2) is 0 Å². The maximum Gasteiger partial charge on any atom is 0.418 e. The molecule has 0 radical (unpaired) electrons. The fourth-order valence-corrected chi connectivity index (χ4v) is 2.45. The summed E-state index contributed by atoms with van der Waals surface area (Å²) in [5.41, 5.74) is -1.30. The first-order valence-electron chi connectivity index (χ1n) is 6.88. The molecule has 0 aliphatic carbocycles. The largest absolute Gasteiger partial charge is 0.418 e. The summed E-state index contributed by atoms with van der Waals surface area (Å²) < 4.78 is 38.9. The van der Waals surface area contributed by atoms with Crippen molar-refractivity contribution in [1.29, 1.82) is 0 Å². The Kier molecular flexibility index (Phi) is 5.48. The van der Waals surface area contributed by atoms with Gasteiger partial charge >= 0.3 is 6.18 Å². The van der Waals surface area contributed by atoms with Crippen LogP contribution in [0.1, 0.15) is 5.56 Å². The standard InChI is InChI=1S/C14H15ClF3N3O2/c15-10-1-2-12(11(7-10)14(16,17)18)19-13(23)8-20-3-5-21(9-22)6-4-20/h1-2,7,9H,3-6,8H2,(H,19,23). The molecule has 2 rings (SSSR count). The highest BCUT2D eigenvalue weighted by Crippen LogP contribution is 2.36. The van der Waals surface area contributed by atoms with E-state index >= 15 is 0 Å². The number of alkyl halides is 3. The maximum absolute atomic E-state index is 13.0. The lowest BCUT2D eigenvalue weighted by Gasteiger charge is -2.31. The number of nitrogens with one attached hydrogen (secondary N) is 1. The number of nitrogens with zero attached hydrogens (tertiary/aromatic N) is 2. The topological polar surface area (TPSA) is 52.7 Å². The number of amides is 2. The second-order valence-corrected chi connectivity index (χ2v) is 5.59. The van der Waals surface area contributed by atoms with Crippen LogP contribution in [-0.2, 0) is 15.8 Å². The molecule has 5 nitrogen and oxygen atoms in total. The lowest BCUT2D eigenvalue weighted by atomic mass is 10.1. The fourth-order valence-electron chi connectivity index (χ4n) is 2.28. The van der Waals surface area contributed by atoms with Crippen molar-refractivity contribution < 1.29 is 22.8 Å². The number of halogens is 4. The summed E-state index contributed by atoms with van der Waals surface area (Å²) in [4.78, 5) is 25.9. The van der Waals surface area contributed by atoms with Gasteiger partial charge in [0.05, 0.1) is 17.8 Å². The first kappa shape index (κ1) is 17.6. The number of hydrogen-bond acceptors (Lipinski definition) is 3. The number of carbonyl (C=O) groups excluding carboxylic acids is 2. The van der Waals surface area contributed by atoms with Gasteiger partial charge in [-0.2, -0.15) is 13.2 Å². The quantitative estimate of drug-likeness (QED) is 0.847. The van der Waals surface area contributed by atoms with Gasteiger partial charge < -0.3 is 10.2 Å². The molecular formula is C14H15ClF3N3O2. The minimum absolute atomic E-state index is 0.0351. The van der Waals surface area contributed by atoms with Crippen LogP contribution in [0.3, 0.4) is 0 Å². The third-order valence-electron chi connectivity index (χ3n) is 3.48. The van der Waals surface area contributed by atoms with Crippen LogP contribution in [0.15, 0.2) is 18.2 Å². The van der Waals surface area contributed by atoms with E-state index in [2.05, 4.69) is 5.32 Å². The molecule has 1 aromatic carbocycles. The smallest absolute Gasteiger partial charge is 0.343 e. The zero-order chi connectivity index (χ0) is 17.0. The van der Waals surface area contributed by atoms with Gasteiger partial charge in [-0.1, -0.05) is 11.6 Å². The lowest BCUT2D eigenvalue weighted by molar-refractivity contribution is -0.137. The summed E-state index contributed by atoms with van der Waals surface area (Å²) >= 11 is 5.59. The third-order valence-corrected chi connectivity index (χ3v) is 3.72. The number of hydrogen-bond donors (Lipinski definition) is 1. The first-order valence-corrected chi connectivity index (χ1v) is 7.25. The summed E-state index contributed by atoms with van der Waals surface area (Å²) in [6, 6.07) is 3.20. The van der Waals surface area contributed by atoms with E-state index in [0.717, 1.165) is 18.5 Å². The molecule has 0 unspecified atom stereocenters. The summed E-state index contributed by atoms with van der Waals surface area (Å²) in [6.07, 6.45) is -3.87. The molecule has 0 saturated carbocycles. The Morgan fingerprint density at radius 3 is 2.48 bits per heavy atom. The molecule has 0 bridgehead atoms. The Morgan fingerprint density at radius 2 is 1.91 bits per heavy atom. The molecular weight excluding hydrogens is 335 g/mol. The molecule has 1 N–H and O–H groups in total. The minimum atomic E-state index is -4.61. The van der Waals surface area contributed by atoms with Gasteiger partial charge in [-0.25, -0.2) is 0 Å². The lowest BCUT2D eigenvalue weighted by Crippen LogP contribution is -2.48. The van der Waals surface area contributed by atoms with Crippen molar-refractivity contribution >= 4 is 29.6 Å². The summed E-state index contributed by atoms with van der Waals surface area (Å²) in [7, 11) is 0. The highest BCUT2D eigenvalue weighted by molar-refractivity contribution is 6.30.